The van der Waals surface area contributed by atoms with Crippen LogP contribution in [-0.4, -0.2) is 41.2 Å². The molecule has 0 unspecified atom stereocenters. The number of pyridine rings is 1. The van der Waals surface area contributed by atoms with Crippen molar-refractivity contribution >= 4 is 40.4 Å². The van der Waals surface area contributed by atoms with Crippen LogP contribution in [0, 0.1) is 19.7 Å². The summed E-state index contributed by atoms with van der Waals surface area (Å²) >= 11 is 11.4. The molecule has 0 bridgehead atoms. The van der Waals surface area contributed by atoms with E-state index in [1.165, 1.54) is 6.07 Å². The lowest BCUT2D eigenvalue weighted by molar-refractivity contribution is 0.391. The Morgan fingerprint density at radius 1 is 1.16 bits per heavy atom. The van der Waals surface area contributed by atoms with Gasteiger partial charge in [-0.15, -0.1) is 0 Å². The topological polar surface area (TPSA) is 31.4 Å². The molecule has 1 fully saturated rings. The number of piperazine rings is 1. The summed E-state index contributed by atoms with van der Waals surface area (Å²) in [6, 6.07) is 8.84. The van der Waals surface area contributed by atoms with Gasteiger partial charge in [-0.2, -0.15) is 0 Å². The second kappa shape index (κ2) is 7.54. The van der Waals surface area contributed by atoms with E-state index in [-0.39, 0.29) is 5.02 Å². The Morgan fingerprint density at radius 2 is 1.88 bits per heavy atom. The molecule has 0 saturated carbocycles. The van der Waals surface area contributed by atoms with Crippen LogP contribution in [0.3, 0.4) is 0 Å². The molecule has 25 heavy (non-hydrogen) atoms. The summed E-state index contributed by atoms with van der Waals surface area (Å²) in [4.78, 5) is 8.76. The molecule has 7 heteroatoms. The van der Waals surface area contributed by atoms with Crippen LogP contribution in [0.25, 0.3) is 0 Å². The number of aromatic nitrogens is 1. The van der Waals surface area contributed by atoms with Gasteiger partial charge in [0.15, 0.2) is 5.11 Å². The largest absolute Gasteiger partial charge is 0.368 e. The maximum atomic E-state index is 13.3. The fraction of sp³-hybridized carbons (Fsp3) is 0.333. The van der Waals surface area contributed by atoms with Gasteiger partial charge in [0.2, 0.25) is 0 Å². The highest BCUT2D eigenvalue weighted by Crippen LogP contribution is 2.23. The molecule has 1 aliphatic heterocycles. The number of rotatable bonds is 2. The Kier molecular flexibility index (Phi) is 5.39. The Labute approximate surface area is 157 Å². The molecular formula is C18H20ClFN4S. The number of benzene rings is 1. The van der Waals surface area contributed by atoms with Crippen molar-refractivity contribution in [1.29, 1.82) is 0 Å². The van der Waals surface area contributed by atoms with Crippen molar-refractivity contribution < 1.29 is 4.39 Å². The van der Waals surface area contributed by atoms with Crippen molar-refractivity contribution in [3.8, 4) is 0 Å². The third-order valence-corrected chi connectivity index (χ3v) is 4.82. The number of nitrogens with zero attached hydrogens (tertiary/aromatic N) is 3. The summed E-state index contributed by atoms with van der Waals surface area (Å²) in [5, 5.41) is 4.05. The van der Waals surface area contributed by atoms with Crippen molar-refractivity contribution in [2.45, 2.75) is 13.8 Å². The minimum atomic E-state index is -0.393. The average Bonchev–Trinajstić information content (AvgIpc) is 2.56. The van der Waals surface area contributed by atoms with E-state index in [2.05, 4.69) is 20.1 Å². The summed E-state index contributed by atoms with van der Waals surface area (Å²) < 4.78 is 13.3. The molecule has 0 amide bonds. The van der Waals surface area contributed by atoms with Gasteiger partial charge in [0.1, 0.15) is 11.6 Å². The van der Waals surface area contributed by atoms with Gasteiger partial charge in [-0.1, -0.05) is 11.6 Å². The smallest absolute Gasteiger partial charge is 0.174 e. The van der Waals surface area contributed by atoms with Crippen LogP contribution >= 0.6 is 23.8 Å². The first kappa shape index (κ1) is 17.9. The van der Waals surface area contributed by atoms with Crippen molar-refractivity contribution in [2.75, 3.05) is 36.4 Å². The maximum Gasteiger partial charge on any atom is 0.174 e. The van der Waals surface area contributed by atoms with Crippen LogP contribution in [0.5, 0.6) is 0 Å². The van der Waals surface area contributed by atoms with Gasteiger partial charge in [0, 0.05) is 37.6 Å². The highest BCUT2D eigenvalue weighted by atomic mass is 35.5. The summed E-state index contributed by atoms with van der Waals surface area (Å²) in [5.41, 5.74) is 3.04. The minimum Gasteiger partial charge on any atom is -0.368 e. The van der Waals surface area contributed by atoms with Crippen LogP contribution in [0.1, 0.15) is 11.3 Å². The molecule has 1 aliphatic rings. The molecule has 0 aliphatic carbocycles. The molecule has 1 aromatic carbocycles. The molecule has 2 heterocycles. The summed E-state index contributed by atoms with van der Waals surface area (Å²) in [5.74, 6) is 0.380. The fourth-order valence-electron chi connectivity index (χ4n) is 2.94. The fourth-order valence-corrected chi connectivity index (χ4v) is 3.41. The standard InChI is InChI=1S/C18H20ClFN4S/c1-12-9-13(2)21-17(10-12)22-18(25)24-7-5-23(6-8-24)14-3-4-16(20)15(19)11-14/h3-4,9-11H,5-8H2,1-2H3,(H,21,22,25). The molecule has 132 valence electrons. The van der Waals surface area contributed by atoms with Crippen LogP contribution in [-0.2, 0) is 0 Å². The van der Waals surface area contributed by atoms with E-state index < -0.39 is 5.82 Å². The second-order valence-electron chi connectivity index (χ2n) is 6.17. The van der Waals surface area contributed by atoms with E-state index in [4.69, 9.17) is 23.8 Å². The van der Waals surface area contributed by atoms with Crippen molar-refractivity contribution in [2.24, 2.45) is 0 Å². The number of anilines is 2. The van der Waals surface area contributed by atoms with E-state index in [1.54, 1.807) is 12.1 Å². The van der Waals surface area contributed by atoms with Crippen LogP contribution in [0.4, 0.5) is 15.9 Å². The van der Waals surface area contributed by atoms with E-state index in [1.807, 2.05) is 26.0 Å². The Morgan fingerprint density at radius 3 is 2.52 bits per heavy atom. The summed E-state index contributed by atoms with van der Waals surface area (Å²) in [6.45, 7) is 7.16. The molecule has 1 saturated heterocycles. The lowest BCUT2D eigenvalue weighted by Crippen LogP contribution is -2.50. The third-order valence-electron chi connectivity index (χ3n) is 4.17. The molecule has 1 aromatic heterocycles. The van der Waals surface area contributed by atoms with Crippen LogP contribution in [0.2, 0.25) is 5.02 Å². The highest BCUT2D eigenvalue weighted by molar-refractivity contribution is 7.80. The van der Waals surface area contributed by atoms with E-state index >= 15 is 0 Å². The zero-order chi connectivity index (χ0) is 18.0. The molecule has 0 atom stereocenters. The molecule has 4 nitrogen and oxygen atoms in total. The van der Waals surface area contributed by atoms with E-state index in [9.17, 15) is 4.39 Å². The molecular weight excluding hydrogens is 359 g/mol. The third kappa shape index (κ3) is 4.38. The van der Waals surface area contributed by atoms with Crippen LogP contribution < -0.4 is 10.2 Å². The lowest BCUT2D eigenvalue weighted by atomic mass is 10.2. The second-order valence-corrected chi connectivity index (χ2v) is 6.97. The summed E-state index contributed by atoms with van der Waals surface area (Å²) in [6.07, 6.45) is 0. The number of halogens is 2. The Balaban J connectivity index is 1.59. The van der Waals surface area contributed by atoms with Gasteiger partial charge in [0.25, 0.3) is 0 Å². The first-order chi connectivity index (χ1) is 11.9. The number of nitrogens with one attached hydrogen (secondary N) is 1. The highest BCUT2D eigenvalue weighted by Gasteiger charge is 2.20. The molecule has 0 spiro atoms. The van der Waals surface area contributed by atoms with Gasteiger partial charge in [0.05, 0.1) is 5.02 Å². The first-order valence-electron chi connectivity index (χ1n) is 8.13. The number of hydrogen-bond acceptors (Lipinski definition) is 3. The monoisotopic (exact) mass is 378 g/mol. The van der Waals surface area contributed by atoms with E-state index in [0.29, 0.717) is 5.11 Å². The van der Waals surface area contributed by atoms with Crippen molar-refractivity contribution in [3.05, 3.63) is 52.4 Å². The average molecular weight is 379 g/mol. The lowest BCUT2D eigenvalue weighted by Gasteiger charge is -2.37. The Bertz CT molecular complexity index is 770. The number of thiocarbonyl (C=S) groups is 1. The van der Waals surface area contributed by atoms with Gasteiger partial charge < -0.3 is 15.1 Å². The van der Waals surface area contributed by atoms with Gasteiger partial charge in [-0.3, -0.25) is 0 Å². The predicted molar refractivity (Wildman–Crippen MR) is 105 cm³/mol. The zero-order valence-corrected chi connectivity index (χ0v) is 15.8. The maximum absolute atomic E-state index is 13.3. The van der Waals surface area contributed by atoms with Crippen molar-refractivity contribution in [1.82, 2.24) is 9.88 Å². The molecule has 3 rings (SSSR count). The van der Waals surface area contributed by atoms with Gasteiger partial charge in [-0.05, 0) is 62.0 Å². The SMILES string of the molecule is Cc1cc(C)nc(NC(=S)N2CCN(c3ccc(F)c(Cl)c3)CC2)c1. The normalized spacial score (nSPS) is 14.6. The molecule has 1 N–H and O–H groups in total. The molecule has 2 aromatic rings. The minimum absolute atomic E-state index is 0.151. The number of aryl methyl sites for hydroxylation is 2. The predicted octanol–water partition coefficient (Wildman–Crippen LogP) is 4.01. The van der Waals surface area contributed by atoms with Gasteiger partial charge >= 0.3 is 0 Å². The van der Waals surface area contributed by atoms with Gasteiger partial charge in [-0.25, -0.2) is 9.37 Å². The van der Waals surface area contributed by atoms with E-state index in [0.717, 1.165) is 48.9 Å². The zero-order valence-electron chi connectivity index (χ0n) is 14.2. The quantitative estimate of drug-likeness (QED) is 0.798. The Hall–Kier alpha value is -1.92. The van der Waals surface area contributed by atoms with Crippen molar-refractivity contribution in [3.63, 3.8) is 0 Å². The molecule has 0 radical (unpaired) electrons. The number of hydrogen-bond donors (Lipinski definition) is 1. The van der Waals surface area contributed by atoms with Crippen LogP contribution in [0.15, 0.2) is 30.3 Å². The summed E-state index contributed by atoms with van der Waals surface area (Å²) in [7, 11) is 0. The first-order valence-corrected chi connectivity index (χ1v) is 8.92.